The zero-order valence-electron chi connectivity index (χ0n) is 13.1. The third-order valence-electron chi connectivity index (χ3n) is 4.41. The summed E-state index contributed by atoms with van der Waals surface area (Å²) in [5.74, 6) is 0.804. The van der Waals surface area contributed by atoms with Crippen molar-refractivity contribution in [1.82, 2.24) is 0 Å². The molecule has 0 radical (unpaired) electrons. The van der Waals surface area contributed by atoms with Crippen LogP contribution in [0, 0.1) is 11.8 Å². The number of carbonyl (C=O) groups is 2. The van der Waals surface area contributed by atoms with Gasteiger partial charge in [0.1, 0.15) is 0 Å². The molecule has 2 fully saturated rings. The summed E-state index contributed by atoms with van der Waals surface area (Å²) in [6, 6.07) is -0.108. The number of esters is 2. The molecule has 0 aliphatic carbocycles. The SMILES string of the molecule is CCOC(=O)[C@@H]1C[C@H]([C@H]2C[NH2+][C@H](C(=O)OCC)C2)C[NH2+]1.[Br-].[Br-]. The summed E-state index contributed by atoms with van der Waals surface area (Å²) in [6.07, 6.45) is 1.74. The number of rotatable bonds is 5. The number of halogens is 2. The molecule has 4 atom stereocenters. The lowest BCUT2D eigenvalue weighted by atomic mass is 9.88. The van der Waals surface area contributed by atoms with Gasteiger partial charge in [-0.25, -0.2) is 9.59 Å². The third kappa shape index (κ3) is 5.47. The molecule has 130 valence electrons. The van der Waals surface area contributed by atoms with Crippen LogP contribution in [0.5, 0.6) is 0 Å². The van der Waals surface area contributed by atoms with Crippen LogP contribution in [-0.4, -0.2) is 50.3 Å². The molecule has 2 aliphatic heterocycles. The lowest BCUT2D eigenvalue weighted by molar-refractivity contribution is -0.666. The summed E-state index contributed by atoms with van der Waals surface area (Å²) >= 11 is 0. The summed E-state index contributed by atoms with van der Waals surface area (Å²) < 4.78 is 10.2. The van der Waals surface area contributed by atoms with Crippen molar-refractivity contribution in [3.63, 3.8) is 0 Å². The molecule has 2 heterocycles. The molecule has 0 aromatic heterocycles. The van der Waals surface area contributed by atoms with Crippen LogP contribution in [0.15, 0.2) is 0 Å². The van der Waals surface area contributed by atoms with Crippen LogP contribution in [0.1, 0.15) is 26.7 Å². The number of carbonyl (C=O) groups excluding carboxylic acids is 2. The van der Waals surface area contributed by atoms with Gasteiger partial charge >= 0.3 is 11.9 Å². The van der Waals surface area contributed by atoms with Gasteiger partial charge in [-0.2, -0.15) is 0 Å². The first-order chi connectivity index (χ1) is 9.65. The lowest BCUT2D eigenvalue weighted by Crippen LogP contribution is -3.00. The minimum atomic E-state index is -0.0982. The zero-order valence-corrected chi connectivity index (χ0v) is 16.3. The molecule has 2 rings (SSSR count). The highest BCUT2D eigenvalue weighted by atomic mass is 79.9. The first kappa shape index (κ1) is 21.8. The van der Waals surface area contributed by atoms with Gasteiger partial charge in [0.05, 0.1) is 26.3 Å². The second-order valence-electron chi connectivity index (χ2n) is 5.65. The van der Waals surface area contributed by atoms with Crippen LogP contribution in [-0.2, 0) is 19.1 Å². The minimum absolute atomic E-state index is 0. The van der Waals surface area contributed by atoms with Crippen LogP contribution >= 0.6 is 0 Å². The topological polar surface area (TPSA) is 85.8 Å². The van der Waals surface area contributed by atoms with Crippen molar-refractivity contribution in [2.45, 2.75) is 38.8 Å². The molecule has 6 nitrogen and oxygen atoms in total. The van der Waals surface area contributed by atoms with Crippen molar-refractivity contribution in [2.75, 3.05) is 26.3 Å². The second-order valence-corrected chi connectivity index (χ2v) is 5.65. The van der Waals surface area contributed by atoms with Crippen LogP contribution in [0.3, 0.4) is 0 Å². The molecule has 0 spiro atoms. The fraction of sp³-hybridized carbons (Fsp3) is 0.857. The van der Waals surface area contributed by atoms with E-state index in [4.69, 9.17) is 9.47 Å². The summed E-state index contributed by atoms with van der Waals surface area (Å²) in [7, 11) is 0. The van der Waals surface area contributed by atoms with E-state index < -0.39 is 0 Å². The molecule has 0 unspecified atom stereocenters. The van der Waals surface area contributed by atoms with E-state index in [9.17, 15) is 9.59 Å². The highest BCUT2D eigenvalue weighted by molar-refractivity contribution is 5.74. The van der Waals surface area contributed by atoms with Gasteiger partial charge in [0, 0.05) is 24.7 Å². The number of hydrogen-bond donors (Lipinski definition) is 2. The molecular weight excluding hydrogens is 420 g/mol. The Kier molecular flexibility index (Phi) is 10.5. The molecule has 2 aliphatic rings. The molecule has 2 saturated heterocycles. The van der Waals surface area contributed by atoms with Gasteiger partial charge in [-0.3, -0.25) is 0 Å². The number of hydrogen-bond acceptors (Lipinski definition) is 4. The Labute approximate surface area is 152 Å². The van der Waals surface area contributed by atoms with Gasteiger partial charge in [-0.05, 0) is 13.8 Å². The highest BCUT2D eigenvalue weighted by Gasteiger charge is 2.44. The standard InChI is InChI=1S/C14H24N2O4.2BrH/c1-3-19-13(17)11-5-9(7-15-11)10-6-12(16-8-10)14(18)20-4-2;;/h9-12,15-16H,3-8H2,1-2H3;2*1H/t9-,10+,11-,12-;;/m0../s1. The van der Waals surface area contributed by atoms with E-state index in [-0.39, 0.29) is 58.0 Å². The summed E-state index contributed by atoms with van der Waals surface area (Å²) in [6.45, 7) is 6.46. The number of ether oxygens (including phenoxy) is 2. The van der Waals surface area contributed by atoms with Crippen LogP contribution in [0.25, 0.3) is 0 Å². The molecule has 0 aromatic rings. The van der Waals surface area contributed by atoms with Gasteiger partial charge in [-0.1, -0.05) is 0 Å². The maximum Gasteiger partial charge on any atom is 0.364 e. The van der Waals surface area contributed by atoms with Gasteiger partial charge in [-0.15, -0.1) is 0 Å². The smallest absolute Gasteiger partial charge is 0.364 e. The van der Waals surface area contributed by atoms with Crippen molar-refractivity contribution < 1.29 is 63.7 Å². The van der Waals surface area contributed by atoms with Crippen molar-refractivity contribution >= 4 is 11.9 Å². The van der Waals surface area contributed by atoms with Gasteiger partial charge < -0.3 is 54.1 Å². The fourth-order valence-corrected chi connectivity index (χ4v) is 3.37. The predicted octanol–water partition coefficient (Wildman–Crippen LogP) is -7.98. The average Bonchev–Trinajstić information content (AvgIpc) is 3.08. The Bertz CT molecular complexity index is 337. The van der Waals surface area contributed by atoms with Gasteiger partial charge in [0.2, 0.25) is 0 Å². The molecule has 8 heteroatoms. The Morgan fingerprint density at radius 1 is 0.864 bits per heavy atom. The zero-order chi connectivity index (χ0) is 14.5. The Hall–Kier alpha value is -0.180. The highest BCUT2D eigenvalue weighted by Crippen LogP contribution is 2.25. The van der Waals surface area contributed by atoms with E-state index >= 15 is 0 Å². The predicted molar refractivity (Wildman–Crippen MR) is 70.6 cm³/mol. The first-order valence-corrected chi connectivity index (χ1v) is 7.65. The second kappa shape index (κ2) is 10.6. The van der Waals surface area contributed by atoms with E-state index in [1.54, 1.807) is 0 Å². The number of quaternary nitrogens is 2. The van der Waals surface area contributed by atoms with Crippen LogP contribution < -0.4 is 44.6 Å². The number of nitrogens with two attached hydrogens (primary N) is 2. The van der Waals surface area contributed by atoms with Crippen molar-refractivity contribution in [3.8, 4) is 0 Å². The largest absolute Gasteiger partial charge is 1.00 e. The van der Waals surface area contributed by atoms with Crippen molar-refractivity contribution in [1.29, 1.82) is 0 Å². The quantitative estimate of drug-likeness (QED) is 0.411. The monoisotopic (exact) mass is 444 g/mol. The van der Waals surface area contributed by atoms with Crippen molar-refractivity contribution in [2.24, 2.45) is 11.8 Å². The third-order valence-corrected chi connectivity index (χ3v) is 4.41. The Balaban J connectivity index is 0.00000220. The summed E-state index contributed by atoms with van der Waals surface area (Å²) in [4.78, 5) is 23.5. The first-order valence-electron chi connectivity index (χ1n) is 7.65. The maximum absolute atomic E-state index is 11.7. The van der Waals surface area contributed by atoms with E-state index in [2.05, 4.69) is 10.6 Å². The molecule has 22 heavy (non-hydrogen) atoms. The molecule has 0 aromatic carbocycles. The van der Waals surface area contributed by atoms with Crippen LogP contribution in [0.4, 0.5) is 0 Å². The van der Waals surface area contributed by atoms with E-state index in [1.165, 1.54) is 0 Å². The molecule has 0 bridgehead atoms. The molecular formula is C14H26Br2N2O4. The van der Waals surface area contributed by atoms with Crippen molar-refractivity contribution in [3.05, 3.63) is 0 Å². The Morgan fingerprint density at radius 2 is 1.23 bits per heavy atom. The Morgan fingerprint density at radius 3 is 1.55 bits per heavy atom. The fourth-order valence-electron chi connectivity index (χ4n) is 3.37. The van der Waals surface area contributed by atoms with Crippen LogP contribution in [0.2, 0.25) is 0 Å². The van der Waals surface area contributed by atoms with E-state index in [0.29, 0.717) is 25.0 Å². The van der Waals surface area contributed by atoms with E-state index in [0.717, 1.165) is 25.9 Å². The molecule has 0 saturated carbocycles. The maximum atomic E-state index is 11.7. The van der Waals surface area contributed by atoms with E-state index in [1.807, 2.05) is 13.8 Å². The average molecular weight is 446 g/mol. The molecule has 4 N–H and O–H groups in total. The lowest BCUT2D eigenvalue weighted by Gasteiger charge is -2.11. The van der Waals surface area contributed by atoms with Gasteiger partial charge in [0.15, 0.2) is 12.1 Å². The molecule has 0 amide bonds. The normalized spacial score (nSPS) is 30.1. The van der Waals surface area contributed by atoms with Gasteiger partial charge in [0.25, 0.3) is 0 Å². The summed E-state index contributed by atoms with van der Waals surface area (Å²) in [5.41, 5.74) is 0. The minimum Gasteiger partial charge on any atom is -1.00 e. The summed E-state index contributed by atoms with van der Waals surface area (Å²) in [5, 5.41) is 4.17.